The number of nitro groups is 1. The molecule has 0 aromatic heterocycles. The molecule has 0 aliphatic carbocycles. The minimum Gasteiger partial charge on any atom is -0.465 e. The van der Waals surface area contributed by atoms with E-state index in [9.17, 15) is 29.3 Å². The zero-order chi connectivity index (χ0) is 21.8. The molecule has 11 heteroatoms. The van der Waals surface area contributed by atoms with E-state index in [1.54, 1.807) is 12.1 Å². The molecular formula is C19H13N3O7S. The number of imide groups is 1. The average Bonchev–Trinajstić information content (AvgIpc) is 3.01. The predicted molar refractivity (Wildman–Crippen MR) is 106 cm³/mol. The van der Waals surface area contributed by atoms with Gasteiger partial charge in [0, 0.05) is 17.7 Å². The number of thioether (sulfide) groups is 1. The van der Waals surface area contributed by atoms with Crippen LogP contribution in [0.3, 0.4) is 0 Å². The van der Waals surface area contributed by atoms with Crippen LogP contribution in [0.15, 0.2) is 53.4 Å². The third-order valence-corrected chi connectivity index (χ3v) is 4.85. The van der Waals surface area contributed by atoms with Crippen molar-refractivity contribution in [2.24, 2.45) is 0 Å². The van der Waals surface area contributed by atoms with Gasteiger partial charge in [0.2, 0.25) is 0 Å². The molecule has 1 fully saturated rings. The van der Waals surface area contributed by atoms with Gasteiger partial charge in [-0.3, -0.25) is 29.9 Å². The van der Waals surface area contributed by atoms with Gasteiger partial charge in [0.15, 0.2) is 0 Å². The molecule has 1 aliphatic heterocycles. The molecule has 0 bridgehead atoms. The largest absolute Gasteiger partial charge is 0.465 e. The molecule has 0 unspecified atom stereocenters. The third kappa shape index (κ3) is 4.36. The quantitative estimate of drug-likeness (QED) is 0.333. The van der Waals surface area contributed by atoms with Crippen LogP contribution in [0, 0.1) is 10.1 Å². The average molecular weight is 427 g/mol. The van der Waals surface area contributed by atoms with Crippen molar-refractivity contribution in [1.82, 2.24) is 10.4 Å². The van der Waals surface area contributed by atoms with Gasteiger partial charge >= 0.3 is 11.2 Å². The Bertz CT molecular complexity index is 1080. The molecule has 0 spiro atoms. The summed E-state index contributed by atoms with van der Waals surface area (Å²) in [6.07, 6.45) is 1.45. The Labute approximate surface area is 173 Å². The first-order valence-electron chi connectivity index (χ1n) is 8.32. The fraction of sp³-hybridized carbons (Fsp3) is 0.0526. The minimum atomic E-state index is -0.768. The number of benzene rings is 2. The molecule has 1 saturated heterocycles. The maximum absolute atomic E-state index is 12.5. The van der Waals surface area contributed by atoms with Gasteiger partial charge in [-0.25, -0.2) is 4.79 Å². The van der Waals surface area contributed by atoms with Crippen molar-refractivity contribution in [3.05, 3.63) is 80.2 Å². The van der Waals surface area contributed by atoms with Crippen LogP contribution in [0.4, 0.5) is 10.5 Å². The number of rotatable bonds is 5. The van der Waals surface area contributed by atoms with E-state index in [-0.39, 0.29) is 16.2 Å². The SMILES string of the molecule is COC(=O)c1ccc(/C=C2/SC(=O)N(NC(=O)c3ccc([N+](=O)[O-])cc3)C2=O)cc1. The Hall–Kier alpha value is -3.99. The summed E-state index contributed by atoms with van der Waals surface area (Å²) in [5.74, 6) is -2.00. The molecule has 2 aromatic carbocycles. The molecule has 1 heterocycles. The zero-order valence-electron chi connectivity index (χ0n) is 15.4. The van der Waals surface area contributed by atoms with E-state index in [0.29, 0.717) is 27.9 Å². The van der Waals surface area contributed by atoms with Gasteiger partial charge in [0.05, 0.1) is 22.5 Å². The van der Waals surface area contributed by atoms with Gasteiger partial charge in [-0.05, 0) is 47.7 Å². The fourth-order valence-corrected chi connectivity index (χ4v) is 3.23. The number of carbonyl (C=O) groups excluding carboxylic acids is 4. The summed E-state index contributed by atoms with van der Waals surface area (Å²) in [5.41, 5.74) is 2.94. The topological polar surface area (TPSA) is 136 Å². The molecule has 0 radical (unpaired) electrons. The number of amides is 3. The van der Waals surface area contributed by atoms with Crippen LogP contribution >= 0.6 is 11.8 Å². The van der Waals surface area contributed by atoms with Crippen LogP contribution in [0.5, 0.6) is 0 Å². The highest BCUT2D eigenvalue weighted by atomic mass is 32.2. The van der Waals surface area contributed by atoms with Crippen LogP contribution < -0.4 is 5.43 Å². The van der Waals surface area contributed by atoms with Crippen molar-refractivity contribution < 1.29 is 28.8 Å². The number of nitro benzene ring substituents is 1. The number of nitrogens with one attached hydrogen (secondary N) is 1. The van der Waals surface area contributed by atoms with Gasteiger partial charge in [-0.2, -0.15) is 5.01 Å². The Morgan fingerprint density at radius 1 is 1.07 bits per heavy atom. The van der Waals surface area contributed by atoms with Crippen molar-refractivity contribution in [3.8, 4) is 0 Å². The summed E-state index contributed by atoms with van der Waals surface area (Å²) in [7, 11) is 1.26. The number of methoxy groups -OCH3 is 1. The van der Waals surface area contributed by atoms with E-state index in [0.717, 1.165) is 12.1 Å². The number of esters is 1. The van der Waals surface area contributed by atoms with Crippen LogP contribution in [0.2, 0.25) is 0 Å². The Kier molecular flexibility index (Phi) is 5.93. The van der Waals surface area contributed by atoms with Crippen LogP contribution in [0.25, 0.3) is 6.08 Å². The standard InChI is InChI=1S/C19H13N3O7S/c1-29-18(25)13-4-2-11(3-5-13)10-15-17(24)21(19(26)30-15)20-16(23)12-6-8-14(9-7-12)22(27)28/h2-10H,1H3,(H,20,23)/b15-10+. The first-order valence-corrected chi connectivity index (χ1v) is 9.13. The summed E-state index contributed by atoms with van der Waals surface area (Å²) in [4.78, 5) is 58.5. The molecule has 2 aromatic rings. The maximum Gasteiger partial charge on any atom is 0.337 e. The number of non-ortho nitro benzene ring substituents is 1. The van der Waals surface area contributed by atoms with Crippen LogP contribution in [-0.4, -0.2) is 40.1 Å². The molecule has 152 valence electrons. The number of hydrogen-bond donors (Lipinski definition) is 1. The lowest BCUT2D eigenvalue weighted by atomic mass is 10.1. The lowest BCUT2D eigenvalue weighted by Gasteiger charge is -2.13. The second kappa shape index (κ2) is 8.57. The number of hydrogen-bond acceptors (Lipinski definition) is 8. The number of hydrazine groups is 1. The summed E-state index contributed by atoms with van der Waals surface area (Å²) in [5, 5.41) is 10.5. The van der Waals surface area contributed by atoms with Gasteiger partial charge in [-0.1, -0.05) is 12.1 Å². The van der Waals surface area contributed by atoms with Crippen LogP contribution in [0.1, 0.15) is 26.3 Å². The molecule has 10 nitrogen and oxygen atoms in total. The number of ether oxygens (including phenoxy) is 1. The first-order chi connectivity index (χ1) is 14.3. The normalized spacial score (nSPS) is 14.7. The second-order valence-corrected chi connectivity index (χ2v) is 6.87. The van der Waals surface area contributed by atoms with E-state index < -0.39 is 27.9 Å². The van der Waals surface area contributed by atoms with Gasteiger partial charge in [-0.15, -0.1) is 0 Å². The Morgan fingerprint density at radius 2 is 1.67 bits per heavy atom. The zero-order valence-corrected chi connectivity index (χ0v) is 16.2. The fourth-order valence-electron chi connectivity index (χ4n) is 2.45. The summed E-state index contributed by atoms with van der Waals surface area (Å²) >= 11 is 0.638. The van der Waals surface area contributed by atoms with Crippen molar-refractivity contribution in [3.63, 3.8) is 0 Å². The molecule has 1 N–H and O–H groups in total. The molecule has 30 heavy (non-hydrogen) atoms. The highest BCUT2D eigenvalue weighted by Gasteiger charge is 2.36. The lowest BCUT2D eigenvalue weighted by Crippen LogP contribution is -2.44. The van der Waals surface area contributed by atoms with Gasteiger partial charge < -0.3 is 4.74 Å². The van der Waals surface area contributed by atoms with Crippen molar-refractivity contribution >= 4 is 46.5 Å². The minimum absolute atomic E-state index is 0.0435. The number of carbonyl (C=O) groups is 4. The predicted octanol–water partition coefficient (Wildman–Crippen LogP) is 2.76. The maximum atomic E-state index is 12.5. The second-order valence-electron chi connectivity index (χ2n) is 5.88. The van der Waals surface area contributed by atoms with E-state index in [1.165, 1.54) is 37.5 Å². The first kappa shape index (κ1) is 20.7. The van der Waals surface area contributed by atoms with E-state index in [2.05, 4.69) is 10.2 Å². The van der Waals surface area contributed by atoms with E-state index in [4.69, 9.17) is 0 Å². The highest BCUT2D eigenvalue weighted by molar-refractivity contribution is 8.18. The van der Waals surface area contributed by atoms with Crippen molar-refractivity contribution in [2.45, 2.75) is 0 Å². The Balaban J connectivity index is 1.72. The lowest BCUT2D eigenvalue weighted by molar-refractivity contribution is -0.384. The number of nitrogens with zero attached hydrogens (tertiary/aromatic N) is 2. The molecule has 1 aliphatic rings. The van der Waals surface area contributed by atoms with Crippen LogP contribution in [-0.2, 0) is 9.53 Å². The van der Waals surface area contributed by atoms with Crippen molar-refractivity contribution in [1.29, 1.82) is 0 Å². The summed E-state index contributed by atoms with van der Waals surface area (Å²) in [6, 6.07) is 10.9. The van der Waals surface area contributed by atoms with E-state index in [1.807, 2.05) is 0 Å². The smallest absolute Gasteiger partial charge is 0.337 e. The van der Waals surface area contributed by atoms with Gasteiger partial charge in [0.25, 0.3) is 17.5 Å². The Morgan fingerprint density at radius 3 is 2.23 bits per heavy atom. The van der Waals surface area contributed by atoms with Gasteiger partial charge in [0.1, 0.15) is 0 Å². The molecule has 0 atom stereocenters. The molecule has 3 rings (SSSR count). The van der Waals surface area contributed by atoms with Crippen molar-refractivity contribution in [2.75, 3.05) is 7.11 Å². The molecule has 0 saturated carbocycles. The third-order valence-electron chi connectivity index (χ3n) is 3.98. The highest BCUT2D eigenvalue weighted by Crippen LogP contribution is 2.31. The van der Waals surface area contributed by atoms with E-state index >= 15 is 0 Å². The monoisotopic (exact) mass is 427 g/mol. The molecule has 3 amide bonds. The molecular weight excluding hydrogens is 414 g/mol. The summed E-state index contributed by atoms with van der Waals surface area (Å²) in [6.45, 7) is 0. The summed E-state index contributed by atoms with van der Waals surface area (Å²) < 4.78 is 4.61.